The molecule has 1 atom stereocenters. The van der Waals surface area contributed by atoms with Crippen LogP contribution in [0.5, 0.6) is 0 Å². The van der Waals surface area contributed by atoms with Gasteiger partial charge < -0.3 is 10.2 Å². The van der Waals surface area contributed by atoms with Crippen molar-refractivity contribution >= 4 is 11.8 Å². The minimum Gasteiger partial charge on any atom is -0.350 e. The normalized spacial score (nSPS) is 16.0. The molecule has 1 N–H and O–H groups in total. The van der Waals surface area contributed by atoms with E-state index < -0.39 is 0 Å². The van der Waals surface area contributed by atoms with E-state index in [4.69, 9.17) is 0 Å². The zero-order chi connectivity index (χ0) is 14.5. The van der Waals surface area contributed by atoms with E-state index in [1.54, 1.807) is 24.3 Å². The monoisotopic (exact) mass is 274 g/mol. The Kier molecular flexibility index (Phi) is 4.77. The van der Waals surface area contributed by atoms with Crippen molar-refractivity contribution in [3.8, 4) is 0 Å². The minimum atomic E-state index is -0.0838. The third-order valence-electron chi connectivity index (χ3n) is 3.78. The van der Waals surface area contributed by atoms with Crippen LogP contribution < -0.4 is 5.32 Å². The number of benzene rings is 1. The Hall–Kier alpha value is -1.84. The highest BCUT2D eigenvalue weighted by Gasteiger charge is 2.19. The standard InChI is InChI=1S/C16H22N2O2/c1-3-12(2)17-15(19)13-6-8-14(9-7-13)16(20)18-10-4-5-11-18/h6-9,12H,3-5,10-11H2,1-2H3,(H,17,19). The number of amides is 2. The Morgan fingerprint density at radius 1 is 1.15 bits per heavy atom. The van der Waals surface area contributed by atoms with E-state index in [1.165, 1.54) is 0 Å². The first-order chi connectivity index (χ1) is 9.61. The van der Waals surface area contributed by atoms with E-state index >= 15 is 0 Å². The summed E-state index contributed by atoms with van der Waals surface area (Å²) < 4.78 is 0. The first kappa shape index (κ1) is 14.6. The molecule has 0 spiro atoms. The van der Waals surface area contributed by atoms with Crippen LogP contribution in [-0.4, -0.2) is 35.8 Å². The van der Waals surface area contributed by atoms with Gasteiger partial charge in [-0.3, -0.25) is 9.59 Å². The summed E-state index contributed by atoms with van der Waals surface area (Å²) in [6.07, 6.45) is 3.07. The highest BCUT2D eigenvalue weighted by atomic mass is 16.2. The summed E-state index contributed by atoms with van der Waals surface area (Å²) in [6, 6.07) is 7.09. The molecular weight excluding hydrogens is 252 g/mol. The van der Waals surface area contributed by atoms with Crippen molar-refractivity contribution in [1.29, 1.82) is 0 Å². The van der Waals surface area contributed by atoms with Gasteiger partial charge in [0.15, 0.2) is 0 Å². The number of nitrogens with one attached hydrogen (secondary N) is 1. The van der Waals surface area contributed by atoms with Crippen molar-refractivity contribution in [3.05, 3.63) is 35.4 Å². The topological polar surface area (TPSA) is 49.4 Å². The molecule has 108 valence electrons. The molecular formula is C16H22N2O2. The number of carbonyl (C=O) groups excluding carboxylic acids is 2. The SMILES string of the molecule is CCC(C)NC(=O)c1ccc(C(=O)N2CCCC2)cc1. The maximum absolute atomic E-state index is 12.2. The van der Waals surface area contributed by atoms with Gasteiger partial charge in [-0.15, -0.1) is 0 Å². The number of nitrogens with zero attached hydrogens (tertiary/aromatic N) is 1. The van der Waals surface area contributed by atoms with Gasteiger partial charge >= 0.3 is 0 Å². The fraction of sp³-hybridized carbons (Fsp3) is 0.500. The fourth-order valence-electron chi connectivity index (χ4n) is 2.28. The van der Waals surface area contributed by atoms with Crippen LogP contribution in [0.4, 0.5) is 0 Å². The predicted octanol–water partition coefficient (Wildman–Crippen LogP) is 2.45. The van der Waals surface area contributed by atoms with Crippen molar-refractivity contribution in [3.63, 3.8) is 0 Å². The van der Waals surface area contributed by atoms with Crippen molar-refractivity contribution in [2.75, 3.05) is 13.1 Å². The summed E-state index contributed by atoms with van der Waals surface area (Å²) in [5, 5.41) is 2.92. The first-order valence-electron chi connectivity index (χ1n) is 7.32. The quantitative estimate of drug-likeness (QED) is 0.917. The number of rotatable bonds is 4. The molecule has 1 aromatic carbocycles. The lowest BCUT2D eigenvalue weighted by Crippen LogP contribution is -2.32. The van der Waals surface area contributed by atoms with Gasteiger partial charge in [0.25, 0.3) is 11.8 Å². The number of hydrogen-bond donors (Lipinski definition) is 1. The average molecular weight is 274 g/mol. The molecule has 4 nitrogen and oxygen atoms in total. The number of hydrogen-bond acceptors (Lipinski definition) is 2. The lowest BCUT2D eigenvalue weighted by atomic mass is 10.1. The largest absolute Gasteiger partial charge is 0.350 e. The molecule has 2 rings (SSSR count). The van der Waals surface area contributed by atoms with Crippen molar-refractivity contribution in [2.45, 2.75) is 39.2 Å². The van der Waals surface area contributed by atoms with E-state index in [0.29, 0.717) is 11.1 Å². The number of likely N-dealkylation sites (tertiary alicyclic amines) is 1. The minimum absolute atomic E-state index is 0.0661. The Morgan fingerprint density at radius 3 is 2.25 bits per heavy atom. The summed E-state index contributed by atoms with van der Waals surface area (Å²) in [5.74, 6) is -0.0177. The third-order valence-corrected chi connectivity index (χ3v) is 3.78. The molecule has 0 bridgehead atoms. The molecule has 0 aromatic heterocycles. The van der Waals surface area contributed by atoms with E-state index in [9.17, 15) is 9.59 Å². The lowest BCUT2D eigenvalue weighted by Gasteiger charge is -2.15. The second-order valence-corrected chi connectivity index (χ2v) is 5.36. The van der Waals surface area contributed by atoms with Gasteiger partial charge in [0, 0.05) is 30.3 Å². The van der Waals surface area contributed by atoms with Crippen LogP contribution in [0.2, 0.25) is 0 Å². The zero-order valence-electron chi connectivity index (χ0n) is 12.2. The van der Waals surface area contributed by atoms with Crippen LogP contribution >= 0.6 is 0 Å². The molecule has 1 saturated heterocycles. The maximum atomic E-state index is 12.2. The third kappa shape index (κ3) is 3.38. The molecule has 1 aliphatic heterocycles. The molecule has 1 fully saturated rings. The van der Waals surface area contributed by atoms with Gasteiger partial charge in [-0.25, -0.2) is 0 Å². The van der Waals surface area contributed by atoms with Gasteiger partial charge in [-0.05, 0) is 50.5 Å². The summed E-state index contributed by atoms with van der Waals surface area (Å²) in [7, 11) is 0. The van der Waals surface area contributed by atoms with E-state index in [0.717, 1.165) is 32.4 Å². The molecule has 0 aliphatic carbocycles. The van der Waals surface area contributed by atoms with Crippen LogP contribution in [0, 0.1) is 0 Å². The van der Waals surface area contributed by atoms with Crippen molar-refractivity contribution in [1.82, 2.24) is 10.2 Å². The van der Waals surface area contributed by atoms with Crippen LogP contribution in [0.15, 0.2) is 24.3 Å². The lowest BCUT2D eigenvalue weighted by molar-refractivity contribution is 0.0792. The van der Waals surface area contributed by atoms with Gasteiger partial charge in [0.05, 0.1) is 0 Å². The van der Waals surface area contributed by atoms with Crippen LogP contribution in [0.3, 0.4) is 0 Å². The highest BCUT2D eigenvalue weighted by Crippen LogP contribution is 2.13. The predicted molar refractivity (Wildman–Crippen MR) is 78.8 cm³/mol. The second-order valence-electron chi connectivity index (χ2n) is 5.36. The molecule has 4 heteroatoms. The van der Waals surface area contributed by atoms with Crippen LogP contribution in [-0.2, 0) is 0 Å². The van der Waals surface area contributed by atoms with Gasteiger partial charge in [0.1, 0.15) is 0 Å². The highest BCUT2D eigenvalue weighted by molar-refractivity contribution is 5.98. The van der Waals surface area contributed by atoms with Gasteiger partial charge in [-0.2, -0.15) is 0 Å². The Labute approximate surface area is 120 Å². The Morgan fingerprint density at radius 2 is 1.70 bits per heavy atom. The molecule has 1 unspecified atom stereocenters. The van der Waals surface area contributed by atoms with E-state index in [2.05, 4.69) is 5.32 Å². The Bertz CT molecular complexity index is 476. The molecule has 1 heterocycles. The Balaban J connectivity index is 2.02. The van der Waals surface area contributed by atoms with E-state index in [1.807, 2.05) is 18.7 Å². The molecule has 2 amide bonds. The summed E-state index contributed by atoms with van der Waals surface area (Å²) >= 11 is 0. The van der Waals surface area contributed by atoms with Crippen LogP contribution in [0.25, 0.3) is 0 Å². The smallest absolute Gasteiger partial charge is 0.253 e. The van der Waals surface area contributed by atoms with Crippen molar-refractivity contribution in [2.24, 2.45) is 0 Å². The van der Waals surface area contributed by atoms with Gasteiger partial charge in [0.2, 0.25) is 0 Å². The average Bonchev–Trinajstić information content (AvgIpc) is 3.00. The van der Waals surface area contributed by atoms with E-state index in [-0.39, 0.29) is 17.9 Å². The maximum Gasteiger partial charge on any atom is 0.253 e. The first-order valence-corrected chi connectivity index (χ1v) is 7.32. The second kappa shape index (κ2) is 6.55. The summed E-state index contributed by atoms with van der Waals surface area (Å²) in [6.45, 7) is 5.69. The molecule has 0 saturated carbocycles. The van der Waals surface area contributed by atoms with Crippen molar-refractivity contribution < 1.29 is 9.59 Å². The molecule has 0 radical (unpaired) electrons. The van der Waals surface area contributed by atoms with Gasteiger partial charge in [-0.1, -0.05) is 6.92 Å². The zero-order valence-corrected chi connectivity index (χ0v) is 12.2. The summed E-state index contributed by atoms with van der Waals surface area (Å²) in [5.41, 5.74) is 1.26. The molecule has 1 aromatic rings. The molecule has 1 aliphatic rings. The van der Waals surface area contributed by atoms with Crippen LogP contribution in [0.1, 0.15) is 53.8 Å². The fourth-order valence-corrected chi connectivity index (χ4v) is 2.28. The number of carbonyl (C=O) groups is 2. The molecule has 20 heavy (non-hydrogen) atoms. The summed E-state index contributed by atoms with van der Waals surface area (Å²) in [4.78, 5) is 26.0.